The fourth-order valence-electron chi connectivity index (χ4n) is 1.97. The van der Waals surface area contributed by atoms with E-state index in [-0.39, 0.29) is 6.04 Å². The molecule has 3 heteroatoms. The van der Waals surface area contributed by atoms with Gasteiger partial charge in [0.1, 0.15) is 0 Å². The van der Waals surface area contributed by atoms with Gasteiger partial charge in [0.25, 0.3) is 0 Å². The monoisotopic (exact) mass is 220 g/mol. The van der Waals surface area contributed by atoms with Crippen molar-refractivity contribution in [2.45, 2.75) is 38.6 Å². The SMILES string of the molecule is C[C@@H](N)c1cccnc1OCCC1CCC1. The molecule has 1 aliphatic rings. The molecule has 0 aliphatic heterocycles. The van der Waals surface area contributed by atoms with Crippen LogP contribution in [0.3, 0.4) is 0 Å². The van der Waals surface area contributed by atoms with Gasteiger partial charge in [-0.25, -0.2) is 4.98 Å². The lowest BCUT2D eigenvalue weighted by molar-refractivity contribution is 0.215. The first-order valence-electron chi connectivity index (χ1n) is 6.10. The summed E-state index contributed by atoms with van der Waals surface area (Å²) in [6.07, 6.45) is 7.02. The number of aromatic nitrogens is 1. The van der Waals surface area contributed by atoms with Gasteiger partial charge >= 0.3 is 0 Å². The van der Waals surface area contributed by atoms with Crippen LogP contribution in [0.1, 0.15) is 44.2 Å². The summed E-state index contributed by atoms with van der Waals surface area (Å²) in [6.45, 7) is 2.72. The third kappa shape index (κ3) is 2.73. The summed E-state index contributed by atoms with van der Waals surface area (Å²) >= 11 is 0. The van der Waals surface area contributed by atoms with Gasteiger partial charge in [0.2, 0.25) is 5.88 Å². The minimum Gasteiger partial charge on any atom is -0.477 e. The number of rotatable bonds is 5. The van der Waals surface area contributed by atoms with Gasteiger partial charge in [-0.1, -0.05) is 25.3 Å². The molecule has 1 aromatic rings. The zero-order valence-corrected chi connectivity index (χ0v) is 9.86. The van der Waals surface area contributed by atoms with Gasteiger partial charge < -0.3 is 10.5 Å². The molecule has 0 radical (unpaired) electrons. The highest BCUT2D eigenvalue weighted by Crippen LogP contribution is 2.29. The van der Waals surface area contributed by atoms with Gasteiger partial charge in [0.15, 0.2) is 0 Å². The summed E-state index contributed by atoms with van der Waals surface area (Å²) in [5.74, 6) is 1.58. The van der Waals surface area contributed by atoms with Gasteiger partial charge in [0.05, 0.1) is 6.61 Å². The topological polar surface area (TPSA) is 48.1 Å². The molecule has 0 unspecified atom stereocenters. The van der Waals surface area contributed by atoms with Gasteiger partial charge in [-0.05, 0) is 25.3 Å². The Labute approximate surface area is 97.0 Å². The largest absolute Gasteiger partial charge is 0.477 e. The molecular formula is C13H20N2O. The zero-order chi connectivity index (χ0) is 11.4. The number of nitrogens with zero attached hydrogens (tertiary/aromatic N) is 1. The average Bonchev–Trinajstić information content (AvgIpc) is 2.22. The second-order valence-electron chi connectivity index (χ2n) is 4.62. The second kappa shape index (κ2) is 5.30. The first-order chi connectivity index (χ1) is 7.77. The molecule has 1 fully saturated rings. The van der Waals surface area contributed by atoms with Crippen molar-refractivity contribution in [1.82, 2.24) is 4.98 Å². The summed E-state index contributed by atoms with van der Waals surface area (Å²) in [6, 6.07) is 3.86. The fraction of sp³-hybridized carbons (Fsp3) is 0.615. The minimum absolute atomic E-state index is 0.0209. The highest BCUT2D eigenvalue weighted by atomic mass is 16.5. The summed E-state index contributed by atoms with van der Waals surface area (Å²) in [5.41, 5.74) is 6.86. The Kier molecular flexibility index (Phi) is 3.78. The van der Waals surface area contributed by atoms with Crippen LogP contribution in [0.5, 0.6) is 5.88 Å². The normalized spacial score (nSPS) is 17.9. The van der Waals surface area contributed by atoms with Crippen LogP contribution in [0.25, 0.3) is 0 Å². The van der Waals surface area contributed by atoms with E-state index in [0.717, 1.165) is 24.5 Å². The molecule has 2 rings (SSSR count). The van der Waals surface area contributed by atoms with Crippen molar-refractivity contribution < 1.29 is 4.74 Å². The van der Waals surface area contributed by atoms with Crippen LogP contribution in [-0.4, -0.2) is 11.6 Å². The fourth-order valence-corrected chi connectivity index (χ4v) is 1.97. The molecule has 0 saturated heterocycles. The molecule has 1 aliphatic carbocycles. The number of ether oxygens (including phenoxy) is 1. The number of hydrogen-bond acceptors (Lipinski definition) is 3. The maximum Gasteiger partial charge on any atom is 0.218 e. The van der Waals surface area contributed by atoms with E-state index in [2.05, 4.69) is 4.98 Å². The van der Waals surface area contributed by atoms with Crippen molar-refractivity contribution in [2.24, 2.45) is 11.7 Å². The molecule has 1 atom stereocenters. The average molecular weight is 220 g/mol. The van der Waals surface area contributed by atoms with Gasteiger partial charge in [0, 0.05) is 17.8 Å². The van der Waals surface area contributed by atoms with E-state index >= 15 is 0 Å². The minimum atomic E-state index is -0.0209. The molecule has 0 spiro atoms. The van der Waals surface area contributed by atoms with E-state index in [4.69, 9.17) is 10.5 Å². The van der Waals surface area contributed by atoms with Gasteiger partial charge in [-0.15, -0.1) is 0 Å². The van der Waals surface area contributed by atoms with Crippen molar-refractivity contribution >= 4 is 0 Å². The van der Waals surface area contributed by atoms with Gasteiger partial charge in [-0.2, -0.15) is 0 Å². The highest BCUT2D eigenvalue weighted by molar-refractivity contribution is 5.28. The maximum atomic E-state index is 5.86. The molecule has 1 aromatic heterocycles. The molecular weight excluding hydrogens is 200 g/mol. The van der Waals surface area contributed by atoms with Crippen molar-refractivity contribution in [3.8, 4) is 5.88 Å². The lowest BCUT2D eigenvalue weighted by Crippen LogP contribution is -2.16. The lowest BCUT2D eigenvalue weighted by Gasteiger charge is -2.25. The van der Waals surface area contributed by atoms with Crippen molar-refractivity contribution in [2.75, 3.05) is 6.61 Å². The van der Waals surface area contributed by atoms with E-state index < -0.39 is 0 Å². The molecule has 0 aromatic carbocycles. The van der Waals surface area contributed by atoms with Crippen molar-refractivity contribution in [1.29, 1.82) is 0 Å². The van der Waals surface area contributed by atoms with Crippen LogP contribution < -0.4 is 10.5 Å². The Morgan fingerprint density at radius 2 is 2.38 bits per heavy atom. The van der Waals surface area contributed by atoms with Crippen molar-refractivity contribution in [3.63, 3.8) is 0 Å². The molecule has 16 heavy (non-hydrogen) atoms. The lowest BCUT2D eigenvalue weighted by atomic mass is 9.83. The first kappa shape index (κ1) is 11.4. The van der Waals surface area contributed by atoms with Crippen LogP contribution in [-0.2, 0) is 0 Å². The second-order valence-corrected chi connectivity index (χ2v) is 4.62. The summed E-state index contributed by atoms with van der Waals surface area (Å²) in [7, 11) is 0. The highest BCUT2D eigenvalue weighted by Gasteiger charge is 2.17. The maximum absolute atomic E-state index is 5.86. The third-order valence-corrected chi connectivity index (χ3v) is 3.28. The quantitative estimate of drug-likeness (QED) is 0.830. The molecule has 0 bridgehead atoms. The number of nitrogens with two attached hydrogens (primary N) is 1. The van der Waals surface area contributed by atoms with E-state index in [0.29, 0.717) is 5.88 Å². The van der Waals surface area contributed by atoms with Crippen LogP contribution in [0.15, 0.2) is 18.3 Å². The third-order valence-electron chi connectivity index (χ3n) is 3.28. The van der Waals surface area contributed by atoms with E-state index in [1.807, 2.05) is 19.1 Å². The Hall–Kier alpha value is -1.09. The van der Waals surface area contributed by atoms with E-state index in [9.17, 15) is 0 Å². The van der Waals surface area contributed by atoms with Gasteiger partial charge in [-0.3, -0.25) is 0 Å². The Balaban J connectivity index is 1.87. The number of pyridine rings is 1. The molecule has 2 N–H and O–H groups in total. The standard InChI is InChI=1S/C13H20N2O/c1-10(14)12-6-3-8-15-13(12)16-9-7-11-4-2-5-11/h3,6,8,10-11H,2,4-5,7,9,14H2,1H3/t10-/m1/s1. The first-order valence-corrected chi connectivity index (χ1v) is 6.10. The Morgan fingerprint density at radius 1 is 1.56 bits per heavy atom. The summed E-state index contributed by atoms with van der Waals surface area (Å²) < 4.78 is 5.71. The zero-order valence-electron chi connectivity index (χ0n) is 9.86. The molecule has 1 saturated carbocycles. The van der Waals surface area contributed by atoms with Crippen LogP contribution in [0.4, 0.5) is 0 Å². The molecule has 0 amide bonds. The Morgan fingerprint density at radius 3 is 3.00 bits per heavy atom. The van der Waals surface area contributed by atoms with E-state index in [1.165, 1.54) is 19.3 Å². The Bertz CT molecular complexity index is 334. The van der Waals surface area contributed by atoms with Crippen molar-refractivity contribution in [3.05, 3.63) is 23.9 Å². The molecule has 1 heterocycles. The van der Waals surface area contributed by atoms with Crippen LogP contribution in [0.2, 0.25) is 0 Å². The predicted molar refractivity (Wildman–Crippen MR) is 64.3 cm³/mol. The smallest absolute Gasteiger partial charge is 0.218 e. The summed E-state index contributed by atoms with van der Waals surface area (Å²) in [5, 5.41) is 0. The molecule has 88 valence electrons. The van der Waals surface area contributed by atoms with Crippen LogP contribution in [0, 0.1) is 5.92 Å². The predicted octanol–water partition coefficient (Wildman–Crippen LogP) is 2.67. The molecule has 3 nitrogen and oxygen atoms in total. The van der Waals surface area contributed by atoms with Crippen LogP contribution >= 0.6 is 0 Å². The van der Waals surface area contributed by atoms with E-state index in [1.54, 1.807) is 6.20 Å². The number of hydrogen-bond donors (Lipinski definition) is 1. The summed E-state index contributed by atoms with van der Waals surface area (Å²) in [4.78, 5) is 4.24.